The molecule has 1 saturated carbocycles. The first-order chi connectivity index (χ1) is 6.17. The Bertz CT molecular complexity index is 112. The van der Waals surface area contributed by atoms with Crippen LogP contribution < -0.4 is 0 Å². The van der Waals surface area contributed by atoms with Crippen molar-refractivity contribution in [2.45, 2.75) is 71.8 Å². The lowest BCUT2D eigenvalue weighted by atomic mass is 9.77. The van der Waals surface area contributed by atoms with Gasteiger partial charge in [-0.3, -0.25) is 0 Å². The summed E-state index contributed by atoms with van der Waals surface area (Å²) in [6, 6.07) is 0. The predicted octanol–water partition coefficient (Wildman–Crippen LogP) is 3.75. The highest BCUT2D eigenvalue weighted by Crippen LogP contribution is 2.34. The lowest BCUT2D eigenvalue weighted by Crippen LogP contribution is -2.34. The Hall–Kier alpha value is -0.0400. The Morgan fingerprint density at radius 1 is 1.15 bits per heavy atom. The smallest absolute Gasteiger partial charge is 0.0645 e. The standard InChI is InChI=1S/C10H20O.C2H6/c1-3-10(2,11)9-7-5-4-6-8-9;1-2/h9,11H,3-8H2,1-2H3;1-2H3. The van der Waals surface area contributed by atoms with Gasteiger partial charge in [0.15, 0.2) is 0 Å². The van der Waals surface area contributed by atoms with Crippen LogP contribution in [0.3, 0.4) is 0 Å². The maximum Gasteiger partial charge on any atom is 0.0645 e. The van der Waals surface area contributed by atoms with Gasteiger partial charge >= 0.3 is 0 Å². The van der Waals surface area contributed by atoms with Crippen LogP contribution in [0.4, 0.5) is 0 Å². The van der Waals surface area contributed by atoms with E-state index >= 15 is 0 Å². The minimum atomic E-state index is -0.388. The van der Waals surface area contributed by atoms with Gasteiger partial charge in [0.25, 0.3) is 0 Å². The molecule has 0 bridgehead atoms. The van der Waals surface area contributed by atoms with E-state index in [0.717, 1.165) is 6.42 Å². The third kappa shape index (κ3) is 4.12. The maximum absolute atomic E-state index is 9.95. The average Bonchev–Trinajstić information content (AvgIpc) is 2.22. The summed E-state index contributed by atoms with van der Waals surface area (Å²) in [6.07, 6.45) is 7.39. The van der Waals surface area contributed by atoms with Crippen LogP contribution in [-0.2, 0) is 0 Å². The highest BCUT2D eigenvalue weighted by molar-refractivity contribution is 4.82. The van der Waals surface area contributed by atoms with Crippen LogP contribution in [0, 0.1) is 5.92 Å². The third-order valence-corrected chi connectivity index (χ3v) is 3.20. The van der Waals surface area contributed by atoms with Crippen LogP contribution in [0.2, 0.25) is 0 Å². The van der Waals surface area contributed by atoms with E-state index in [1.807, 2.05) is 20.8 Å². The lowest BCUT2D eigenvalue weighted by molar-refractivity contribution is -0.0194. The molecule has 0 aromatic heterocycles. The molecule has 1 aliphatic rings. The average molecular weight is 186 g/mol. The highest BCUT2D eigenvalue weighted by atomic mass is 16.3. The molecule has 1 rings (SSSR count). The van der Waals surface area contributed by atoms with Gasteiger partial charge in [-0.1, -0.05) is 40.0 Å². The zero-order chi connectivity index (χ0) is 10.3. The van der Waals surface area contributed by atoms with Crippen molar-refractivity contribution in [1.29, 1.82) is 0 Å². The fourth-order valence-corrected chi connectivity index (χ4v) is 2.01. The molecular weight excluding hydrogens is 160 g/mol. The highest BCUT2D eigenvalue weighted by Gasteiger charge is 2.30. The predicted molar refractivity (Wildman–Crippen MR) is 58.8 cm³/mol. The van der Waals surface area contributed by atoms with E-state index in [4.69, 9.17) is 0 Å². The summed E-state index contributed by atoms with van der Waals surface area (Å²) in [7, 11) is 0. The molecule has 1 atom stereocenters. The van der Waals surface area contributed by atoms with E-state index in [9.17, 15) is 5.11 Å². The minimum absolute atomic E-state index is 0.388. The van der Waals surface area contributed by atoms with Crippen molar-refractivity contribution in [3.63, 3.8) is 0 Å². The summed E-state index contributed by atoms with van der Waals surface area (Å²) in [4.78, 5) is 0. The molecule has 0 amide bonds. The first-order valence-corrected chi connectivity index (χ1v) is 5.89. The Morgan fingerprint density at radius 3 is 2.00 bits per heavy atom. The van der Waals surface area contributed by atoms with Crippen LogP contribution in [0.5, 0.6) is 0 Å². The molecule has 0 radical (unpaired) electrons. The van der Waals surface area contributed by atoms with Crippen LogP contribution in [0.25, 0.3) is 0 Å². The van der Waals surface area contributed by atoms with Gasteiger partial charge in [-0.2, -0.15) is 0 Å². The normalized spacial score (nSPS) is 22.8. The summed E-state index contributed by atoms with van der Waals surface area (Å²) in [5.74, 6) is 0.571. The van der Waals surface area contributed by atoms with Crippen molar-refractivity contribution in [2.24, 2.45) is 5.92 Å². The van der Waals surface area contributed by atoms with Gasteiger partial charge in [0, 0.05) is 0 Å². The van der Waals surface area contributed by atoms with Crippen LogP contribution in [0.15, 0.2) is 0 Å². The molecule has 1 heteroatoms. The first-order valence-electron chi connectivity index (χ1n) is 5.89. The largest absolute Gasteiger partial charge is 0.390 e. The third-order valence-electron chi connectivity index (χ3n) is 3.20. The van der Waals surface area contributed by atoms with Crippen molar-refractivity contribution in [2.75, 3.05) is 0 Å². The summed E-state index contributed by atoms with van der Waals surface area (Å²) < 4.78 is 0. The van der Waals surface area contributed by atoms with Crippen molar-refractivity contribution >= 4 is 0 Å². The van der Waals surface area contributed by atoms with Gasteiger partial charge in [-0.15, -0.1) is 0 Å². The Kier molecular flexibility index (Phi) is 6.40. The van der Waals surface area contributed by atoms with Gasteiger partial charge in [0.1, 0.15) is 0 Å². The molecule has 1 N–H and O–H groups in total. The zero-order valence-electron chi connectivity index (χ0n) is 9.77. The van der Waals surface area contributed by atoms with E-state index in [1.165, 1.54) is 32.1 Å². The molecule has 0 aromatic rings. The van der Waals surface area contributed by atoms with E-state index in [0.29, 0.717) is 5.92 Å². The molecule has 0 aromatic carbocycles. The molecule has 1 nitrogen and oxygen atoms in total. The quantitative estimate of drug-likeness (QED) is 0.696. The summed E-state index contributed by atoms with van der Waals surface area (Å²) in [5, 5.41) is 9.95. The molecular formula is C12H26O. The monoisotopic (exact) mass is 186 g/mol. The molecule has 80 valence electrons. The van der Waals surface area contributed by atoms with Crippen LogP contribution >= 0.6 is 0 Å². The van der Waals surface area contributed by atoms with Crippen molar-refractivity contribution in [3.05, 3.63) is 0 Å². The second kappa shape index (κ2) is 6.42. The molecule has 1 aliphatic carbocycles. The molecule has 0 saturated heterocycles. The second-order valence-corrected chi connectivity index (χ2v) is 4.05. The maximum atomic E-state index is 9.95. The van der Waals surface area contributed by atoms with Crippen LogP contribution in [-0.4, -0.2) is 10.7 Å². The number of aliphatic hydroxyl groups is 1. The van der Waals surface area contributed by atoms with E-state index in [-0.39, 0.29) is 5.60 Å². The van der Waals surface area contributed by atoms with Crippen LogP contribution in [0.1, 0.15) is 66.2 Å². The van der Waals surface area contributed by atoms with Gasteiger partial charge in [0.2, 0.25) is 0 Å². The van der Waals surface area contributed by atoms with Gasteiger partial charge < -0.3 is 5.11 Å². The van der Waals surface area contributed by atoms with Crippen molar-refractivity contribution < 1.29 is 5.11 Å². The van der Waals surface area contributed by atoms with Crippen molar-refractivity contribution in [3.8, 4) is 0 Å². The van der Waals surface area contributed by atoms with E-state index < -0.39 is 0 Å². The number of hydrogen-bond donors (Lipinski definition) is 1. The molecule has 0 spiro atoms. The summed E-state index contributed by atoms with van der Waals surface area (Å²) in [5.41, 5.74) is -0.388. The Balaban J connectivity index is 0.000000671. The minimum Gasteiger partial charge on any atom is -0.390 e. The van der Waals surface area contributed by atoms with E-state index in [1.54, 1.807) is 0 Å². The molecule has 1 unspecified atom stereocenters. The number of hydrogen-bond acceptors (Lipinski definition) is 1. The topological polar surface area (TPSA) is 20.2 Å². The van der Waals surface area contributed by atoms with Gasteiger partial charge in [-0.25, -0.2) is 0 Å². The first kappa shape index (κ1) is 13.0. The lowest BCUT2D eigenvalue weighted by Gasteiger charge is -2.34. The van der Waals surface area contributed by atoms with Gasteiger partial charge in [-0.05, 0) is 32.1 Å². The molecule has 0 heterocycles. The summed E-state index contributed by atoms with van der Waals surface area (Å²) in [6.45, 7) is 8.07. The molecule has 0 aliphatic heterocycles. The second-order valence-electron chi connectivity index (χ2n) is 4.05. The number of rotatable bonds is 2. The summed E-state index contributed by atoms with van der Waals surface area (Å²) >= 11 is 0. The molecule has 13 heavy (non-hydrogen) atoms. The van der Waals surface area contributed by atoms with E-state index in [2.05, 4.69) is 6.92 Å². The van der Waals surface area contributed by atoms with Crippen molar-refractivity contribution in [1.82, 2.24) is 0 Å². The van der Waals surface area contributed by atoms with Gasteiger partial charge in [0.05, 0.1) is 5.60 Å². The fraction of sp³-hybridized carbons (Fsp3) is 1.00. The fourth-order valence-electron chi connectivity index (χ4n) is 2.01. The Morgan fingerprint density at radius 2 is 1.62 bits per heavy atom. The molecule has 1 fully saturated rings. The zero-order valence-corrected chi connectivity index (χ0v) is 9.77. The SMILES string of the molecule is CC.CCC(C)(O)C1CCCCC1. The Labute approximate surface area is 83.5 Å².